The zero-order valence-corrected chi connectivity index (χ0v) is 14.5. The molecule has 0 heterocycles. The summed E-state index contributed by atoms with van der Waals surface area (Å²) in [5.41, 5.74) is 1.22. The highest BCUT2D eigenvalue weighted by atomic mass is 16.5. The van der Waals surface area contributed by atoms with Gasteiger partial charge in [0, 0.05) is 16.7 Å². The van der Waals surface area contributed by atoms with Crippen molar-refractivity contribution in [2.45, 2.75) is 0 Å². The second kappa shape index (κ2) is 7.70. The molecule has 0 saturated carbocycles. The molecule has 0 fully saturated rings. The van der Waals surface area contributed by atoms with Crippen LogP contribution in [0.2, 0.25) is 0 Å². The van der Waals surface area contributed by atoms with Crippen LogP contribution in [-0.4, -0.2) is 36.2 Å². The van der Waals surface area contributed by atoms with Crippen LogP contribution in [0.3, 0.4) is 0 Å². The number of carbonyl (C=O) groups excluding carboxylic acids is 2. The Morgan fingerprint density at radius 3 is 2.26 bits per heavy atom. The molecule has 1 N–H and O–H groups in total. The molecule has 2 aromatic carbocycles. The molecule has 6 nitrogen and oxygen atoms in total. The summed E-state index contributed by atoms with van der Waals surface area (Å²) in [6.07, 6.45) is 4.25. The topological polar surface area (TPSA) is 85.2 Å². The summed E-state index contributed by atoms with van der Waals surface area (Å²) in [4.78, 5) is 26.3. The fraction of sp³-hybridized carbons (Fsp3) is 0.0952. The first-order valence-corrected chi connectivity index (χ1v) is 8.17. The van der Waals surface area contributed by atoms with Gasteiger partial charge in [-0.15, -0.1) is 0 Å². The number of rotatable bonds is 7. The SMILES string of the molecule is C=CCOc1cccc2c1C(=O)c1c(OCC=C)cc(/C=N/O)cc1C2=O. The molecule has 0 aromatic heterocycles. The number of hydrogen-bond acceptors (Lipinski definition) is 6. The molecule has 0 saturated heterocycles. The van der Waals surface area contributed by atoms with Gasteiger partial charge in [0.25, 0.3) is 0 Å². The predicted octanol–water partition coefficient (Wildman–Crippen LogP) is 3.40. The van der Waals surface area contributed by atoms with Crippen LogP contribution in [0.1, 0.15) is 37.4 Å². The van der Waals surface area contributed by atoms with E-state index in [4.69, 9.17) is 14.7 Å². The maximum atomic E-state index is 13.2. The number of nitrogens with zero attached hydrogens (tertiary/aromatic N) is 1. The van der Waals surface area contributed by atoms with Crippen LogP contribution in [0, 0.1) is 0 Å². The molecule has 2 aromatic rings. The molecule has 0 amide bonds. The highest BCUT2D eigenvalue weighted by molar-refractivity contribution is 6.30. The molecule has 1 aliphatic rings. The first-order chi connectivity index (χ1) is 13.1. The second-order valence-electron chi connectivity index (χ2n) is 5.72. The van der Waals surface area contributed by atoms with Crippen LogP contribution < -0.4 is 9.47 Å². The number of carbonyl (C=O) groups is 2. The van der Waals surface area contributed by atoms with Crippen molar-refractivity contribution in [1.29, 1.82) is 0 Å². The Labute approximate surface area is 156 Å². The highest BCUT2D eigenvalue weighted by Gasteiger charge is 2.35. The van der Waals surface area contributed by atoms with E-state index in [9.17, 15) is 9.59 Å². The van der Waals surface area contributed by atoms with Crippen LogP contribution in [0.25, 0.3) is 0 Å². The van der Waals surface area contributed by atoms with Gasteiger partial charge in [-0.25, -0.2) is 0 Å². The molecule has 0 atom stereocenters. The number of ether oxygens (including phenoxy) is 2. The van der Waals surface area contributed by atoms with E-state index in [2.05, 4.69) is 18.3 Å². The minimum atomic E-state index is -0.370. The summed E-state index contributed by atoms with van der Waals surface area (Å²) in [5, 5.41) is 11.8. The molecule has 0 spiro atoms. The van der Waals surface area contributed by atoms with Gasteiger partial charge < -0.3 is 14.7 Å². The van der Waals surface area contributed by atoms with E-state index in [1.165, 1.54) is 18.2 Å². The predicted molar refractivity (Wildman–Crippen MR) is 101 cm³/mol. The third-order valence-corrected chi connectivity index (χ3v) is 4.01. The highest BCUT2D eigenvalue weighted by Crippen LogP contribution is 2.38. The fourth-order valence-corrected chi connectivity index (χ4v) is 2.95. The van der Waals surface area contributed by atoms with Gasteiger partial charge in [0.15, 0.2) is 5.78 Å². The normalized spacial score (nSPS) is 12.4. The molecule has 1 aliphatic carbocycles. The van der Waals surface area contributed by atoms with Crippen LogP contribution in [0.5, 0.6) is 11.5 Å². The summed E-state index contributed by atoms with van der Waals surface area (Å²) in [6, 6.07) is 7.90. The molecule has 27 heavy (non-hydrogen) atoms. The molecule has 6 heteroatoms. The Morgan fingerprint density at radius 2 is 1.59 bits per heavy atom. The van der Waals surface area contributed by atoms with E-state index in [0.29, 0.717) is 11.3 Å². The Bertz CT molecular complexity index is 975. The van der Waals surface area contributed by atoms with Crippen molar-refractivity contribution < 1.29 is 24.3 Å². The Morgan fingerprint density at radius 1 is 0.926 bits per heavy atom. The second-order valence-corrected chi connectivity index (χ2v) is 5.72. The number of oxime groups is 1. The maximum absolute atomic E-state index is 13.2. The number of fused-ring (bicyclic) bond motifs is 2. The third-order valence-electron chi connectivity index (χ3n) is 4.01. The number of hydrogen-bond donors (Lipinski definition) is 1. The van der Waals surface area contributed by atoms with Crippen molar-refractivity contribution in [2.24, 2.45) is 5.16 Å². The van der Waals surface area contributed by atoms with E-state index in [0.717, 1.165) is 6.21 Å². The Hall–Kier alpha value is -3.67. The summed E-state index contributed by atoms with van der Waals surface area (Å²) < 4.78 is 11.2. The first kappa shape index (κ1) is 18.1. The standard InChI is InChI=1S/C21H17NO5/c1-3-8-26-16-7-5-6-14-18(16)21(24)19-15(20(14)23)10-13(12-22-25)11-17(19)27-9-4-2/h3-7,10-12,25H,1-2,8-9H2/b22-12+. The summed E-state index contributed by atoms with van der Waals surface area (Å²) >= 11 is 0. The van der Waals surface area contributed by atoms with Gasteiger partial charge in [0.2, 0.25) is 5.78 Å². The van der Waals surface area contributed by atoms with Gasteiger partial charge in [-0.3, -0.25) is 9.59 Å². The lowest BCUT2D eigenvalue weighted by Gasteiger charge is -2.22. The average molecular weight is 363 g/mol. The summed E-state index contributed by atoms with van der Waals surface area (Å²) in [6.45, 7) is 7.54. The minimum Gasteiger partial charge on any atom is -0.489 e. The molecular formula is C21H17NO5. The Kier molecular flexibility index (Phi) is 5.17. The van der Waals surface area contributed by atoms with E-state index < -0.39 is 0 Å². The van der Waals surface area contributed by atoms with E-state index in [1.54, 1.807) is 24.3 Å². The molecule has 0 unspecified atom stereocenters. The Balaban J connectivity index is 2.22. The zero-order valence-electron chi connectivity index (χ0n) is 14.5. The number of ketones is 2. The largest absolute Gasteiger partial charge is 0.489 e. The third kappa shape index (κ3) is 3.25. The van der Waals surface area contributed by atoms with E-state index >= 15 is 0 Å². The van der Waals surface area contributed by atoms with Crippen molar-refractivity contribution in [3.63, 3.8) is 0 Å². The fourth-order valence-electron chi connectivity index (χ4n) is 2.95. The lowest BCUT2D eigenvalue weighted by atomic mass is 9.82. The van der Waals surface area contributed by atoms with Gasteiger partial charge in [-0.05, 0) is 18.2 Å². The molecule has 136 valence electrons. The van der Waals surface area contributed by atoms with Crippen LogP contribution >= 0.6 is 0 Å². The number of benzene rings is 2. The zero-order chi connectivity index (χ0) is 19.4. The van der Waals surface area contributed by atoms with Crippen LogP contribution in [0.4, 0.5) is 0 Å². The summed E-state index contributed by atoms with van der Waals surface area (Å²) in [5.74, 6) is -0.178. The minimum absolute atomic E-state index is 0.148. The average Bonchev–Trinajstić information content (AvgIpc) is 2.68. The lowest BCUT2D eigenvalue weighted by Crippen LogP contribution is -2.23. The van der Waals surface area contributed by atoms with Crippen molar-refractivity contribution in [3.8, 4) is 11.5 Å². The van der Waals surface area contributed by atoms with Gasteiger partial charge >= 0.3 is 0 Å². The van der Waals surface area contributed by atoms with E-state index in [1.807, 2.05) is 0 Å². The molecule has 3 rings (SSSR count). The van der Waals surface area contributed by atoms with E-state index in [-0.39, 0.29) is 52.8 Å². The van der Waals surface area contributed by atoms with Crippen LogP contribution in [-0.2, 0) is 0 Å². The summed E-state index contributed by atoms with van der Waals surface area (Å²) in [7, 11) is 0. The smallest absolute Gasteiger partial charge is 0.201 e. The molecule has 0 bridgehead atoms. The van der Waals surface area contributed by atoms with Crippen molar-refractivity contribution in [2.75, 3.05) is 13.2 Å². The van der Waals surface area contributed by atoms with Crippen molar-refractivity contribution in [3.05, 3.63) is 83.5 Å². The van der Waals surface area contributed by atoms with Gasteiger partial charge in [-0.1, -0.05) is 42.6 Å². The monoisotopic (exact) mass is 363 g/mol. The molecular weight excluding hydrogens is 346 g/mol. The lowest BCUT2D eigenvalue weighted by molar-refractivity contribution is 0.0973. The van der Waals surface area contributed by atoms with Crippen LogP contribution in [0.15, 0.2) is 60.8 Å². The van der Waals surface area contributed by atoms with Gasteiger partial charge in [-0.2, -0.15) is 0 Å². The maximum Gasteiger partial charge on any atom is 0.201 e. The van der Waals surface area contributed by atoms with Gasteiger partial charge in [0.1, 0.15) is 24.7 Å². The molecule has 0 aliphatic heterocycles. The van der Waals surface area contributed by atoms with Gasteiger partial charge in [0.05, 0.1) is 17.3 Å². The quantitative estimate of drug-likeness (QED) is 0.301. The van der Waals surface area contributed by atoms with Crippen molar-refractivity contribution >= 4 is 17.8 Å². The van der Waals surface area contributed by atoms with Crippen molar-refractivity contribution in [1.82, 2.24) is 0 Å². The first-order valence-electron chi connectivity index (χ1n) is 8.17. The molecule has 0 radical (unpaired) electrons.